The zero-order valence-electron chi connectivity index (χ0n) is 4.44. The van der Waals surface area contributed by atoms with Gasteiger partial charge in [0.25, 0.3) is 0 Å². The Morgan fingerprint density at radius 3 is 2.29 bits per heavy atom. The SMILES string of the molecule is CC1(C[O-])COC1. The minimum Gasteiger partial charge on any atom is -0.854 e. The van der Waals surface area contributed by atoms with Gasteiger partial charge in [-0.3, -0.25) is 0 Å². The number of rotatable bonds is 1. The van der Waals surface area contributed by atoms with Crippen LogP contribution in [0.4, 0.5) is 0 Å². The third-order valence-corrected chi connectivity index (χ3v) is 1.25. The van der Waals surface area contributed by atoms with Crippen molar-refractivity contribution in [2.45, 2.75) is 6.92 Å². The predicted molar refractivity (Wildman–Crippen MR) is 23.8 cm³/mol. The molecule has 0 saturated carbocycles. The van der Waals surface area contributed by atoms with E-state index < -0.39 is 0 Å². The van der Waals surface area contributed by atoms with E-state index in [4.69, 9.17) is 4.74 Å². The van der Waals surface area contributed by atoms with Crippen molar-refractivity contribution >= 4 is 0 Å². The summed E-state index contributed by atoms with van der Waals surface area (Å²) in [5, 5.41) is 10.2. The standard InChI is InChI=1S/C5H9O2/c1-5(2-6)3-7-4-5/h2-4H2,1H3/q-1. The van der Waals surface area contributed by atoms with Gasteiger partial charge in [0.2, 0.25) is 0 Å². The van der Waals surface area contributed by atoms with E-state index in [-0.39, 0.29) is 12.0 Å². The fraction of sp³-hybridized carbons (Fsp3) is 1.00. The summed E-state index contributed by atoms with van der Waals surface area (Å²) in [6.07, 6.45) is 0. The fourth-order valence-electron chi connectivity index (χ4n) is 0.534. The Balaban J connectivity index is 2.29. The van der Waals surface area contributed by atoms with Gasteiger partial charge < -0.3 is 9.84 Å². The first-order chi connectivity index (χ1) is 3.27. The molecular weight excluding hydrogens is 92.1 g/mol. The van der Waals surface area contributed by atoms with Gasteiger partial charge in [0.1, 0.15) is 0 Å². The van der Waals surface area contributed by atoms with Gasteiger partial charge >= 0.3 is 0 Å². The molecule has 1 saturated heterocycles. The lowest BCUT2D eigenvalue weighted by Crippen LogP contribution is -2.46. The van der Waals surface area contributed by atoms with Gasteiger partial charge in [0.15, 0.2) is 0 Å². The summed E-state index contributed by atoms with van der Waals surface area (Å²) in [5.74, 6) is 0. The maximum Gasteiger partial charge on any atom is 0.0529 e. The van der Waals surface area contributed by atoms with Crippen LogP contribution in [0.1, 0.15) is 6.92 Å². The van der Waals surface area contributed by atoms with Crippen LogP contribution in [0.5, 0.6) is 0 Å². The van der Waals surface area contributed by atoms with E-state index in [1.54, 1.807) is 0 Å². The molecule has 0 aromatic carbocycles. The van der Waals surface area contributed by atoms with Crippen LogP contribution in [-0.2, 0) is 4.74 Å². The summed E-state index contributed by atoms with van der Waals surface area (Å²) in [5.41, 5.74) is -0.0139. The van der Waals surface area contributed by atoms with Crippen molar-refractivity contribution in [2.75, 3.05) is 19.8 Å². The highest BCUT2D eigenvalue weighted by molar-refractivity contribution is 4.78. The molecule has 1 heterocycles. The van der Waals surface area contributed by atoms with Crippen LogP contribution in [0.3, 0.4) is 0 Å². The molecule has 0 bridgehead atoms. The fourth-order valence-corrected chi connectivity index (χ4v) is 0.534. The molecule has 0 aliphatic carbocycles. The summed E-state index contributed by atoms with van der Waals surface area (Å²) in [6, 6.07) is 0. The average Bonchev–Trinajstić information content (AvgIpc) is 1.61. The summed E-state index contributed by atoms with van der Waals surface area (Å²) >= 11 is 0. The van der Waals surface area contributed by atoms with Crippen molar-refractivity contribution < 1.29 is 9.84 Å². The lowest BCUT2D eigenvalue weighted by atomic mass is 9.90. The molecule has 0 amide bonds. The topological polar surface area (TPSA) is 32.3 Å². The third kappa shape index (κ3) is 0.763. The van der Waals surface area contributed by atoms with Crippen molar-refractivity contribution in [2.24, 2.45) is 5.41 Å². The molecule has 1 aliphatic rings. The summed E-state index contributed by atoms with van der Waals surface area (Å²) in [6.45, 7) is 3.28. The summed E-state index contributed by atoms with van der Waals surface area (Å²) in [7, 11) is 0. The maximum absolute atomic E-state index is 10.2. The average molecular weight is 101 g/mol. The van der Waals surface area contributed by atoms with Crippen molar-refractivity contribution in [1.82, 2.24) is 0 Å². The first kappa shape index (κ1) is 5.06. The molecule has 1 rings (SSSR count). The van der Waals surface area contributed by atoms with E-state index in [1.807, 2.05) is 6.92 Å². The minimum atomic E-state index is -0.0139. The van der Waals surface area contributed by atoms with Crippen molar-refractivity contribution in [1.29, 1.82) is 0 Å². The van der Waals surface area contributed by atoms with Crippen molar-refractivity contribution in [3.05, 3.63) is 0 Å². The zero-order chi connectivity index (χ0) is 5.33. The van der Waals surface area contributed by atoms with Gasteiger partial charge in [-0.15, -0.1) is 6.61 Å². The monoisotopic (exact) mass is 101 g/mol. The first-order valence-corrected chi connectivity index (χ1v) is 2.43. The molecule has 1 fully saturated rings. The molecule has 0 aromatic rings. The molecule has 0 radical (unpaired) electrons. The highest BCUT2D eigenvalue weighted by Crippen LogP contribution is 2.23. The second-order valence-electron chi connectivity index (χ2n) is 2.45. The molecule has 2 nitrogen and oxygen atoms in total. The number of hydrogen-bond donors (Lipinski definition) is 0. The van der Waals surface area contributed by atoms with E-state index in [9.17, 15) is 5.11 Å². The van der Waals surface area contributed by atoms with Gasteiger partial charge in [0.05, 0.1) is 13.2 Å². The molecular formula is C5H9O2-. The predicted octanol–water partition coefficient (Wildman–Crippen LogP) is -0.617. The highest BCUT2D eigenvalue weighted by Gasteiger charge is 2.28. The summed E-state index contributed by atoms with van der Waals surface area (Å²) in [4.78, 5) is 0. The quantitative estimate of drug-likeness (QED) is 0.441. The number of ether oxygens (including phenoxy) is 1. The van der Waals surface area contributed by atoms with Gasteiger partial charge in [-0.1, -0.05) is 6.92 Å². The van der Waals surface area contributed by atoms with Gasteiger partial charge in [0, 0.05) is 0 Å². The molecule has 0 aromatic heterocycles. The molecule has 42 valence electrons. The Hall–Kier alpha value is -0.0800. The Bertz CT molecular complexity index is 61.0. The van der Waals surface area contributed by atoms with Gasteiger partial charge in [-0.25, -0.2) is 0 Å². The second-order valence-corrected chi connectivity index (χ2v) is 2.45. The lowest BCUT2D eigenvalue weighted by Gasteiger charge is -2.40. The number of hydrogen-bond acceptors (Lipinski definition) is 2. The van der Waals surface area contributed by atoms with E-state index in [0.29, 0.717) is 13.2 Å². The van der Waals surface area contributed by atoms with Gasteiger partial charge in [-0.2, -0.15) is 0 Å². The van der Waals surface area contributed by atoms with Crippen molar-refractivity contribution in [3.8, 4) is 0 Å². The molecule has 0 atom stereocenters. The minimum absolute atomic E-state index is 0.00694. The van der Waals surface area contributed by atoms with E-state index in [1.165, 1.54) is 0 Å². The molecule has 0 N–H and O–H groups in total. The third-order valence-electron chi connectivity index (χ3n) is 1.25. The molecule has 0 unspecified atom stereocenters. The van der Waals surface area contributed by atoms with E-state index in [2.05, 4.69) is 0 Å². The van der Waals surface area contributed by atoms with Crippen LogP contribution in [-0.4, -0.2) is 19.8 Å². The largest absolute Gasteiger partial charge is 0.854 e. The van der Waals surface area contributed by atoms with Crippen LogP contribution in [0, 0.1) is 5.41 Å². The Kier molecular flexibility index (Phi) is 1.05. The Morgan fingerprint density at radius 1 is 1.71 bits per heavy atom. The van der Waals surface area contributed by atoms with Crippen LogP contribution < -0.4 is 5.11 Å². The first-order valence-electron chi connectivity index (χ1n) is 2.43. The molecule has 1 aliphatic heterocycles. The smallest absolute Gasteiger partial charge is 0.0529 e. The Labute approximate surface area is 43.1 Å². The van der Waals surface area contributed by atoms with Crippen LogP contribution >= 0.6 is 0 Å². The van der Waals surface area contributed by atoms with Crippen LogP contribution in [0.15, 0.2) is 0 Å². The van der Waals surface area contributed by atoms with Gasteiger partial charge in [-0.05, 0) is 5.41 Å². The second kappa shape index (κ2) is 1.46. The Morgan fingerprint density at radius 2 is 2.29 bits per heavy atom. The summed E-state index contributed by atoms with van der Waals surface area (Å²) < 4.78 is 4.83. The van der Waals surface area contributed by atoms with Crippen molar-refractivity contribution in [3.63, 3.8) is 0 Å². The van der Waals surface area contributed by atoms with Crippen LogP contribution in [0.25, 0.3) is 0 Å². The highest BCUT2D eigenvalue weighted by atomic mass is 16.5. The molecule has 7 heavy (non-hydrogen) atoms. The lowest BCUT2D eigenvalue weighted by molar-refractivity contribution is -0.408. The normalized spacial score (nSPS) is 26.6. The maximum atomic E-state index is 10.2. The molecule has 2 heteroatoms. The van der Waals surface area contributed by atoms with Crippen LogP contribution in [0.2, 0.25) is 0 Å². The zero-order valence-corrected chi connectivity index (χ0v) is 4.44. The molecule has 0 spiro atoms. The van der Waals surface area contributed by atoms with E-state index in [0.717, 1.165) is 0 Å². The van der Waals surface area contributed by atoms with E-state index >= 15 is 0 Å².